The van der Waals surface area contributed by atoms with Crippen molar-refractivity contribution in [1.29, 1.82) is 0 Å². The van der Waals surface area contributed by atoms with Crippen LogP contribution in [0.25, 0.3) is 0 Å². The van der Waals surface area contributed by atoms with Crippen LogP contribution in [0.4, 0.5) is 0 Å². The van der Waals surface area contributed by atoms with Crippen LogP contribution in [0.5, 0.6) is 11.5 Å². The fourth-order valence-electron chi connectivity index (χ4n) is 1.88. The Bertz CT molecular complexity index is 586. The van der Waals surface area contributed by atoms with Crippen molar-refractivity contribution in [2.45, 2.75) is 6.04 Å². The third kappa shape index (κ3) is 4.22. The van der Waals surface area contributed by atoms with E-state index in [9.17, 15) is 15.0 Å². The van der Waals surface area contributed by atoms with Crippen LogP contribution in [0.15, 0.2) is 54.6 Å². The molecule has 21 heavy (non-hydrogen) atoms. The lowest BCUT2D eigenvalue weighted by Gasteiger charge is -2.17. The molecule has 2 rings (SSSR count). The number of phenolic OH excluding ortho intramolecular Hbond substituents is 1. The van der Waals surface area contributed by atoms with Crippen LogP contribution in [0.2, 0.25) is 0 Å². The number of hydrogen-bond donors (Lipinski definition) is 3. The summed E-state index contributed by atoms with van der Waals surface area (Å²) in [7, 11) is 0. The van der Waals surface area contributed by atoms with Crippen LogP contribution in [-0.4, -0.2) is 29.3 Å². The number of para-hydroxylation sites is 2. The van der Waals surface area contributed by atoms with Gasteiger partial charge in [0.15, 0.2) is 18.1 Å². The van der Waals surface area contributed by atoms with Crippen molar-refractivity contribution in [2.75, 3.05) is 13.2 Å². The summed E-state index contributed by atoms with van der Waals surface area (Å²) in [6.45, 7) is -0.437. The summed E-state index contributed by atoms with van der Waals surface area (Å²) in [5.74, 6) is -0.152. The number of aromatic hydroxyl groups is 1. The van der Waals surface area contributed by atoms with E-state index in [1.165, 1.54) is 6.07 Å². The third-order valence-corrected chi connectivity index (χ3v) is 2.94. The maximum Gasteiger partial charge on any atom is 0.258 e. The van der Waals surface area contributed by atoms with Crippen LogP contribution in [-0.2, 0) is 4.79 Å². The van der Waals surface area contributed by atoms with Crippen molar-refractivity contribution >= 4 is 5.91 Å². The number of amides is 1. The molecule has 0 heterocycles. The molecule has 0 saturated heterocycles. The summed E-state index contributed by atoms with van der Waals surface area (Å²) in [6.07, 6.45) is 0. The van der Waals surface area contributed by atoms with E-state index < -0.39 is 6.04 Å². The van der Waals surface area contributed by atoms with Gasteiger partial charge < -0.3 is 20.3 Å². The van der Waals surface area contributed by atoms with Gasteiger partial charge in [0.1, 0.15) is 0 Å². The summed E-state index contributed by atoms with van der Waals surface area (Å²) in [6, 6.07) is 15.1. The van der Waals surface area contributed by atoms with Gasteiger partial charge in [0, 0.05) is 0 Å². The molecule has 3 N–H and O–H groups in total. The lowest BCUT2D eigenvalue weighted by atomic mass is 10.1. The van der Waals surface area contributed by atoms with Crippen molar-refractivity contribution in [1.82, 2.24) is 5.32 Å². The monoisotopic (exact) mass is 287 g/mol. The molecule has 5 heteroatoms. The molecule has 0 aliphatic carbocycles. The predicted octanol–water partition coefficient (Wildman–Crippen LogP) is 1.62. The summed E-state index contributed by atoms with van der Waals surface area (Å²) in [5.41, 5.74) is 0.816. The van der Waals surface area contributed by atoms with E-state index in [-0.39, 0.29) is 30.6 Å². The Morgan fingerprint density at radius 2 is 1.76 bits per heavy atom. The maximum absolute atomic E-state index is 11.8. The molecule has 0 radical (unpaired) electrons. The van der Waals surface area contributed by atoms with E-state index in [2.05, 4.69) is 5.32 Å². The average molecular weight is 287 g/mol. The molecular weight excluding hydrogens is 270 g/mol. The molecule has 0 spiro atoms. The second-order valence-corrected chi connectivity index (χ2v) is 4.47. The normalized spacial score (nSPS) is 11.7. The summed E-state index contributed by atoms with van der Waals surface area (Å²) < 4.78 is 5.24. The molecule has 0 unspecified atom stereocenters. The minimum Gasteiger partial charge on any atom is -0.504 e. The Balaban J connectivity index is 1.90. The van der Waals surface area contributed by atoms with E-state index in [0.717, 1.165) is 5.56 Å². The highest BCUT2D eigenvalue weighted by molar-refractivity contribution is 5.78. The van der Waals surface area contributed by atoms with Crippen molar-refractivity contribution in [3.05, 3.63) is 60.2 Å². The maximum atomic E-state index is 11.8. The quantitative estimate of drug-likeness (QED) is 0.754. The number of carbonyl (C=O) groups excluding carboxylic acids is 1. The average Bonchev–Trinajstić information content (AvgIpc) is 2.52. The van der Waals surface area contributed by atoms with Crippen molar-refractivity contribution in [3.8, 4) is 11.5 Å². The molecule has 1 amide bonds. The van der Waals surface area contributed by atoms with Crippen LogP contribution in [0.1, 0.15) is 11.6 Å². The fraction of sp³-hybridized carbons (Fsp3) is 0.188. The van der Waals surface area contributed by atoms with E-state index in [0.29, 0.717) is 0 Å². The first-order chi connectivity index (χ1) is 10.2. The first kappa shape index (κ1) is 14.9. The molecule has 110 valence electrons. The molecule has 0 aromatic heterocycles. The Kier molecular flexibility index (Phi) is 5.17. The number of aliphatic hydroxyl groups excluding tert-OH is 1. The number of nitrogens with one attached hydrogen (secondary N) is 1. The van der Waals surface area contributed by atoms with Gasteiger partial charge in [-0.3, -0.25) is 4.79 Å². The number of benzene rings is 2. The van der Waals surface area contributed by atoms with E-state index in [1.54, 1.807) is 18.2 Å². The molecule has 1 atom stereocenters. The Labute approximate surface area is 122 Å². The Morgan fingerprint density at radius 1 is 1.10 bits per heavy atom. The molecule has 0 aliphatic heterocycles. The van der Waals surface area contributed by atoms with Crippen molar-refractivity contribution in [3.63, 3.8) is 0 Å². The molecule has 0 saturated carbocycles. The Morgan fingerprint density at radius 3 is 2.43 bits per heavy atom. The number of phenols is 1. The zero-order valence-corrected chi connectivity index (χ0v) is 11.4. The zero-order valence-electron chi connectivity index (χ0n) is 11.4. The number of carbonyl (C=O) groups is 1. The van der Waals surface area contributed by atoms with Crippen LogP contribution in [0.3, 0.4) is 0 Å². The lowest BCUT2D eigenvalue weighted by Crippen LogP contribution is -2.34. The Hall–Kier alpha value is -2.53. The molecule has 2 aromatic rings. The van der Waals surface area contributed by atoms with Crippen LogP contribution < -0.4 is 10.1 Å². The van der Waals surface area contributed by atoms with Crippen molar-refractivity contribution in [2.24, 2.45) is 0 Å². The van der Waals surface area contributed by atoms with Gasteiger partial charge in [0.25, 0.3) is 5.91 Å². The second-order valence-electron chi connectivity index (χ2n) is 4.47. The molecule has 0 bridgehead atoms. The van der Waals surface area contributed by atoms with E-state index in [4.69, 9.17) is 4.74 Å². The second kappa shape index (κ2) is 7.31. The van der Waals surface area contributed by atoms with Gasteiger partial charge in [0.05, 0.1) is 12.6 Å². The zero-order chi connectivity index (χ0) is 15.1. The van der Waals surface area contributed by atoms with Gasteiger partial charge in [-0.1, -0.05) is 42.5 Å². The van der Waals surface area contributed by atoms with Gasteiger partial charge in [-0.05, 0) is 17.7 Å². The van der Waals surface area contributed by atoms with Crippen molar-refractivity contribution < 1.29 is 19.7 Å². The van der Waals surface area contributed by atoms with E-state index in [1.807, 2.05) is 30.3 Å². The lowest BCUT2D eigenvalue weighted by molar-refractivity contribution is -0.124. The SMILES string of the molecule is O=C(COc1ccccc1O)N[C@H](CO)c1ccccc1. The number of aliphatic hydroxyl groups is 1. The molecule has 5 nitrogen and oxygen atoms in total. The highest BCUT2D eigenvalue weighted by atomic mass is 16.5. The van der Waals surface area contributed by atoms with Crippen LogP contribution >= 0.6 is 0 Å². The van der Waals surface area contributed by atoms with Gasteiger partial charge in [-0.15, -0.1) is 0 Å². The molecular formula is C16H17NO4. The summed E-state index contributed by atoms with van der Waals surface area (Å²) in [5, 5.41) is 21.6. The smallest absolute Gasteiger partial charge is 0.258 e. The van der Waals surface area contributed by atoms with Gasteiger partial charge >= 0.3 is 0 Å². The van der Waals surface area contributed by atoms with Gasteiger partial charge in [-0.25, -0.2) is 0 Å². The topological polar surface area (TPSA) is 78.8 Å². The first-order valence-corrected chi connectivity index (χ1v) is 6.56. The fourth-order valence-corrected chi connectivity index (χ4v) is 1.88. The molecule has 2 aromatic carbocycles. The predicted molar refractivity (Wildman–Crippen MR) is 78.0 cm³/mol. The largest absolute Gasteiger partial charge is 0.504 e. The summed E-state index contributed by atoms with van der Waals surface area (Å²) in [4.78, 5) is 11.8. The minimum absolute atomic E-state index is 0.0212. The minimum atomic E-state index is -0.480. The number of hydrogen-bond acceptors (Lipinski definition) is 4. The molecule has 0 aliphatic rings. The standard InChI is InChI=1S/C16H17NO4/c18-10-13(12-6-2-1-3-7-12)17-16(20)11-21-15-9-5-4-8-14(15)19/h1-9,13,18-19H,10-11H2,(H,17,20)/t13-/m1/s1. The first-order valence-electron chi connectivity index (χ1n) is 6.56. The third-order valence-electron chi connectivity index (χ3n) is 2.94. The van der Waals surface area contributed by atoms with Crippen LogP contribution in [0, 0.1) is 0 Å². The van der Waals surface area contributed by atoms with Gasteiger partial charge in [0.2, 0.25) is 0 Å². The van der Waals surface area contributed by atoms with E-state index >= 15 is 0 Å². The highest BCUT2D eigenvalue weighted by Gasteiger charge is 2.14. The summed E-state index contributed by atoms with van der Waals surface area (Å²) >= 11 is 0. The molecule has 0 fully saturated rings. The van der Waals surface area contributed by atoms with Gasteiger partial charge in [-0.2, -0.15) is 0 Å². The number of rotatable bonds is 6. The highest BCUT2D eigenvalue weighted by Crippen LogP contribution is 2.24. The number of ether oxygens (including phenoxy) is 1.